The molecule has 0 aromatic carbocycles. The summed E-state index contributed by atoms with van der Waals surface area (Å²) in [5.41, 5.74) is 3.18. The Balaban J connectivity index is 2.22. The molecule has 0 saturated heterocycles. The van der Waals surface area contributed by atoms with Crippen molar-refractivity contribution >= 4 is 5.78 Å². The van der Waals surface area contributed by atoms with Crippen molar-refractivity contribution in [1.82, 2.24) is 0 Å². The van der Waals surface area contributed by atoms with Crippen LogP contribution >= 0.6 is 0 Å². The molecule has 1 saturated carbocycles. The number of Topliss-reactive ketones (excluding diaryl/α,β-unsaturated/α-hetero) is 1. The zero-order valence-electron chi connectivity index (χ0n) is 12.1. The normalized spacial score (nSPS) is 40.2. The Morgan fingerprint density at radius 3 is 2.61 bits per heavy atom. The maximum absolute atomic E-state index is 12.1. The minimum atomic E-state index is 0.225. The smallest absolute Gasteiger partial charge is 0.136 e. The van der Waals surface area contributed by atoms with Crippen LogP contribution in [-0.4, -0.2) is 5.78 Å². The van der Waals surface area contributed by atoms with E-state index in [9.17, 15) is 4.79 Å². The van der Waals surface area contributed by atoms with Gasteiger partial charge in [-0.25, -0.2) is 0 Å². The maximum Gasteiger partial charge on any atom is 0.136 e. The van der Waals surface area contributed by atoms with Gasteiger partial charge >= 0.3 is 0 Å². The molecule has 0 spiro atoms. The van der Waals surface area contributed by atoms with Crippen LogP contribution in [0.1, 0.15) is 65.7 Å². The Morgan fingerprint density at radius 1 is 1.11 bits per heavy atom. The number of carbonyl (C=O) groups excluding carboxylic acids is 1. The monoisotopic (exact) mass is 246 g/mol. The Morgan fingerprint density at radius 2 is 1.83 bits per heavy atom. The average molecular weight is 246 g/mol. The molecule has 0 amide bonds. The van der Waals surface area contributed by atoms with Crippen LogP contribution in [0.4, 0.5) is 0 Å². The fourth-order valence-electron chi connectivity index (χ4n) is 3.43. The summed E-state index contributed by atoms with van der Waals surface area (Å²) >= 11 is 0. The summed E-state index contributed by atoms with van der Waals surface area (Å²) in [6, 6.07) is 0. The van der Waals surface area contributed by atoms with Crippen LogP contribution in [0.25, 0.3) is 0 Å². The first kappa shape index (κ1) is 13.6. The highest BCUT2D eigenvalue weighted by Gasteiger charge is 2.43. The third-order valence-corrected chi connectivity index (χ3v) is 4.95. The van der Waals surface area contributed by atoms with Crippen LogP contribution in [0.3, 0.4) is 0 Å². The van der Waals surface area contributed by atoms with Gasteiger partial charge in [0.25, 0.3) is 0 Å². The van der Waals surface area contributed by atoms with Crippen LogP contribution in [-0.2, 0) is 4.79 Å². The van der Waals surface area contributed by atoms with E-state index in [0.717, 1.165) is 38.5 Å². The van der Waals surface area contributed by atoms with E-state index >= 15 is 0 Å². The summed E-state index contributed by atoms with van der Waals surface area (Å²) < 4.78 is 0. The van der Waals surface area contributed by atoms with Crippen molar-refractivity contribution in [1.29, 1.82) is 0 Å². The van der Waals surface area contributed by atoms with E-state index in [-0.39, 0.29) is 5.41 Å². The molecule has 1 nitrogen and oxygen atoms in total. The van der Waals surface area contributed by atoms with Crippen molar-refractivity contribution < 1.29 is 4.79 Å². The van der Waals surface area contributed by atoms with Crippen molar-refractivity contribution in [3.8, 4) is 0 Å². The van der Waals surface area contributed by atoms with Gasteiger partial charge in [0, 0.05) is 12.3 Å². The molecule has 2 rings (SSSR count). The molecule has 100 valence electrons. The molecule has 0 radical (unpaired) electrons. The SMILES string of the molecule is C/C1=C\C[C@]2(C)CCC(=O)[C@H]2CC/C(C)=C/CC1. The van der Waals surface area contributed by atoms with Crippen LogP contribution in [0.15, 0.2) is 23.3 Å². The van der Waals surface area contributed by atoms with Crippen molar-refractivity contribution in [3.05, 3.63) is 23.3 Å². The first-order valence-corrected chi connectivity index (χ1v) is 7.35. The summed E-state index contributed by atoms with van der Waals surface area (Å²) in [6.45, 7) is 6.77. The summed E-state index contributed by atoms with van der Waals surface area (Å²) in [5.74, 6) is 0.804. The Bertz CT molecular complexity index is 388. The Labute approximate surface area is 111 Å². The summed E-state index contributed by atoms with van der Waals surface area (Å²) in [5, 5.41) is 0. The lowest BCUT2D eigenvalue weighted by Gasteiger charge is -2.29. The standard InChI is InChI=1S/C17H26O/c1-13-5-4-6-14(2)9-11-17(3)12-10-16(18)15(17)8-7-13/h5,9,15H,4,6-8,10-12H2,1-3H3/b13-5+,14-9+/t15-,17-/m1/s1. The maximum atomic E-state index is 12.1. The average Bonchev–Trinajstić information content (AvgIpc) is 2.59. The molecule has 0 heterocycles. The van der Waals surface area contributed by atoms with E-state index in [1.54, 1.807) is 0 Å². The van der Waals surface area contributed by atoms with Crippen LogP contribution < -0.4 is 0 Å². The van der Waals surface area contributed by atoms with Crippen molar-refractivity contribution in [3.63, 3.8) is 0 Å². The van der Waals surface area contributed by atoms with E-state index in [1.165, 1.54) is 17.6 Å². The molecular weight excluding hydrogens is 220 g/mol. The number of ketones is 1. The van der Waals surface area contributed by atoms with Crippen LogP contribution in [0.2, 0.25) is 0 Å². The molecule has 0 unspecified atom stereocenters. The molecule has 0 N–H and O–H groups in total. The van der Waals surface area contributed by atoms with Crippen LogP contribution in [0.5, 0.6) is 0 Å². The lowest BCUT2D eigenvalue weighted by molar-refractivity contribution is -0.122. The van der Waals surface area contributed by atoms with Gasteiger partial charge < -0.3 is 0 Å². The van der Waals surface area contributed by atoms with Gasteiger partial charge in [0.05, 0.1) is 0 Å². The minimum Gasteiger partial charge on any atom is -0.299 e. The molecular formula is C17H26O. The van der Waals surface area contributed by atoms with E-state index in [2.05, 4.69) is 32.9 Å². The van der Waals surface area contributed by atoms with Crippen molar-refractivity contribution in [2.45, 2.75) is 65.7 Å². The predicted octanol–water partition coefficient (Wildman–Crippen LogP) is 4.83. The molecule has 0 aliphatic heterocycles. The van der Waals surface area contributed by atoms with Crippen molar-refractivity contribution in [2.24, 2.45) is 11.3 Å². The lowest BCUT2D eigenvalue weighted by atomic mass is 9.74. The summed E-state index contributed by atoms with van der Waals surface area (Å²) in [6.07, 6.45) is 12.2. The Kier molecular flexibility index (Phi) is 4.09. The van der Waals surface area contributed by atoms with E-state index in [4.69, 9.17) is 0 Å². The van der Waals surface area contributed by atoms with Gasteiger partial charge in [-0.2, -0.15) is 0 Å². The third-order valence-electron chi connectivity index (χ3n) is 4.95. The zero-order valence-corrected chi connectivity index (χ0v) is 12.1. The number of allylic oxidation sites excluding steroid dienone is 4. The molecule has 1 fully saturated rings. The van der Waals surface area contributed by atoms with Gasteiger partial charge in [-0.05, 0) is 57.8 Å². The van der Waals surface area contributed by atoms with Gasteiger partial charge in [0.2, 0.25) is 0 Å². The number of hydrogen-bond donors (Lipinski definition) is 0. The number of carbonyl (C=O) groups is 1. The number of fused-ring (bicyclic) bond motifs is 1. The molecule has 0 bridgehead atoms. The van der Waals surface area contributed by atoms with Gasteiger partial charge in [0.15, 0.2) is 0 Å². The van der Waals surface area contributed by atoms with Gasteiger partial charge in [-0.15, -0.1) is 0 Å². The summed E-state index contributed by atoms with van der Waals surface area (Å²) in [4.78, 5) is 12.1. The molecule has 2 aliphatic carbocycles. The predicted molar refractivity (Wildman–Crippen MR) is 76.4 cm³/mol. The second-order valence-electron chi connectivity index (χ2n) is 6.56. The topological polar surface area (TPSA) is 17.1 Å². The quantitative estimate of drug-likeness (QED) is 0.560. The Hall–Kier alpha value is -0.850. The molecule has 0 aromatic rings. The zero-order chi connectivity index (χ0) is 13.2. The fourth-order valence-corrected chi connectivity index (χ4v) is 3.43. The number of rotatable bonds is 0. The van der Waals surface area contributed by atoms with E-state index in [1.807, 2.05) is 0 Å². The molecule has 1 heteroatoms. The van der Waals surface area contributed by atoms with E-state index < -0.39 is 0 Å². The number of hydrogen-bond acceptors (Lipinski definition) is 1. The molecule has 0 aromatic heterocycles. The highest BCUT2D eigenvalue weighted by Crippen LogP contribution is 2.46. The highest BCUT2D eigenvalue weighted by atomic mass is 16.1. The fraction of sp³-hybridized carbons (Fsp3) is 0.706. The first-order chi connectivity index (χ1) is 8.51. The van der Waals surface area contributed by atoms with Crippen molar-refractivity contribution in [2.75, 3.05) is 0 Å². The largest absolute Gasteiger partial charge is 0.299 e. The van der Waals surface area contributed by atoms with Crippen LogP contribution in [0, 0.1) is 11.3 Å². The minimum absolute atomic E-state index is 0.225. The van der Waals surface area contributed by atoms with Gasteiger partial charge in [-0.1, -0.05) is 30.2 Å². The third kappa shape index (κ3) is 2.93. The van der Waals surface area contributed by atoms with E-state index in [0.29, 0.717) is 11.7 Å². The molecule has 2 atom stereocenters. The second-order valence-corrected chi connectivity index (χ2v) is 6.56. The molecule has 2 aliphatic rings. The second kappa shape index (κ2) is 5.42. The molecule has 18 heavy (non-hydrogen) atoms. The first-order valence-electron chi connectivity index (χ1n) is 7.35. The lowest BCUT2D eigenvalue weighted by Crippen LogP contribution is -2.25. The van der Waals surface area contributed by atoms with Gasteiger partial charge in [0.1, 0.15) is 5.78 Å². The summed E-state index contributed by atoms with van der Waals surface area (Å²) in [7, 11) is 0. The highest BCUT2D eigenvalue weighted by molar-refractivity contribution is 5.84. The van der Waals surface area contributed by atoms with Gasteiger partial charge in [-0.3, -0.25) is 4.79 Å².